The second-order valence-corrected chi connectivity index (χ2v) is 4.44. The van der Waals surface area contributed by atoms with Crippen molar-refractivity contribution in [2.75, 3.05) is 18.0 Å². The molecule has 0 bridgehead atoms. The van der Waals surface area contributed by atoms with Crippen LogP contribution in [0.3, 0.4) is 0 Å². The third-order valence-electron chi connectivity index (χ3n) is 2.15. The maximum Gasteiger partial charge on any atom is 0.433 e. The zero-order chi connectivity index (χ0) is 12.3. The molecule has 0 fully saturated rings. The molecular weight excluding hydrogens is 332 g/mol. The van der Waals surface area contributed by atoms with Crippen LogP contribution in [0.25, 0.3) is 0 Å². The van der Waals surface area contributed by atoms with Gasteiger partial charge in [-0.2, -0.15) is 13.2 Å². The number of pyridine rings is 1. The zero-order valence-electron chi connectivity index (χ0n) is 8.98. The molecule has 90 valence electrons. The number of hydrogen-bond acceptors (Lipinski definition) is 2. The van der Waals surface area contributed by atoms with Crippen molar-refractivity contribution >= 4 is 28.4 Å². The van der Waals surface area contributed by atoms with E-state index in [-0.39, 0.29) is 0 Å². The molecule has 0 aliphatic heterocycles. The standard InChI is InChI=1S/C10H12F3IN2/c1-3-16(4-2)9-6-7(14)5-8(15-9)10(11,12)13/h5-6H,3-4H2,1-2H3. The second-order valence-electron chi connectivity index (χ2n) is 3.20. The average Bonchev–Trinajstić information content (AvgIpc) is 2.17. The summed E-state index contributed by atoms with van der Waals surface area (Å²) in [6.07, 6.45) is -4.39. The Kier molecular flexibility index (Phi) is 4.40. The lowest BCUT2D eigenvalue weighted by Crippen LogP contribution is -2.24. The third kappa shape index (κ3) is 3.23. The van der Waals surface area contributed by atoms with Gasteiger partial charge >= 0.3 is 6.18 Å². The van der Waals surface area contributed by atoms with E-state index >= 15 is 0 Å². The minimum absolute atomic E-state index is 0.379. The zero-order valence-corrected chi connectivity index (χ0v) is 11.1. The summed E-state index contributed by atoms with van der Waals surface area (Å²) >= 11 is 1.87. The molecule has 1 heterocycles. The van der Waals surface area contributed by atoms with Crippen LogP contribution in [0.5, 0.6) is 0 Å². The van der Waals surface area contributed by atoms with Gasteiger partial charge in [0.2, 0.25) is 0 Å². The number of halogens is 4. The topological polar surface area (TPSA) is 16.1 Å². The Morgan fingerprint density at radius 3 is 2.25 bits per heavy atom. The predicted molar refractivity (Wildman–Crippen MR) is 65.5 cm³/mol. The highest BCUT2D eigenvalue weighted by Gasteiger charge is 2.33. The molecule has 0 N–H and O–H groups in total. The van der Waals surface area contributed by atoms with Gasteiger partial charge in [0.1, 0.15) is 11.5 Å². The van der Waals surface area contributed by atoms with E-state index in [1.165, 1.54) is 0 Å². The molecule has 0 saturated heterocycles. The van der Waals surface area contributed by atoms with Crippen molar-refractivity contribution in [1.82, 2.24) is 4.98 Å². The van der Waals surface area contributed by atoms with E-state index < -0.39 is 11.9 Å². The third-order valence-corrected chi connectivity index (χ3v) is 2.78. The maximum atomic E-state index is 12.5. The van der Waals surface area contributed by atoms with E-state index in [1.807, 2.05) is 36.4 Å². The predicted octanol–water partition coefficient (Wildman–Crippen LogP) is 3.55. The molecule has 0 aromatic carbocycles. The first kappa shape index (κ1) is 13.5. The Hall–Kier alpha value is -0.530. The molecule has 0 unspecified atom stereocenters. The highest BCUT2D eigenvalue weighted by Crippen LogP contribution is 2.30. The first-order chi connectivity index (χ1) is 7.38. The number of nitrogens with zero attached hydrogens (tertiary/aromatic N) is 2. The molecule has 0 aliphatic carbocycles. The maximum absolute atomic E-state index is 12.5. The van der Waals surface area contributed by atoms with Crippen molar-refractivity contribution in [1.29, 1.82) is 0 Å². The van der Waals surface area contributed by atoms with Crippen LogP contribution in [0, 0.1) is 3.57 Å². The quantitative estimate of drug-likeness (QED) is 0.780. The van der Waals surface area contributed by atoms with Gasteiger partial charge in [-0.3, -0.25) is 0 Å². The van der Waals surface area contributed by atoms with E-state index in [9.17, 15) is 13.2 Å². The molecule has 0 saturated carbocycles. The van der Waals surface area contributed by atoms with Crippen molar-refractivity contribution in [2.45, 2.75) is 20.0 Å². The molecule has 6 heteroatoms. The number of rotatable bonds is 3. The molecule has 1 rings (SSSR count). The highest BCUT2D eigenvalue weighted by atomic mass is 127. The van der Waals surface area contributed by atoms with Crippen molar-refractivity contribution in [3.8, 4) is 0 Å². The van der Waals surface area contributed by atoms with E-state index in [0.29, 0.717) is 22.5 Å². The summed E-state index contributed by atoms with van der Waals surface area (Å²) in [7, 11) is 0. The molecule has 16 heavy (non-hydrogen) atoms. The van der Waals surface area contributed by atoms with E-state index in [1.54, 1.807) is 11.0 Å². The highest BCUT2D eigenvalue weighted by molar-refractivity contribution is 14.1. The minimum atomic E-state index is -4.39. The Labute approximate surface area is 106 Å². The Balaban J connectivity index is 3.17. The van der Waals surface area contributed by atoms with Gasteiger partial charge in [-0.05, 0) is 48.6 Å². The van der Waals surface area contributed by atoms with Crippen molar-refractivity contribution < 1.29 is 13.2 Å². The molecule has 0 atom stereocenters. The number of hydrogen-bond donors (Lipinski definition) is 0. The molecule has 1 aromatic rings. The summed E-state index contributed by atoms with van der Waals surface area (Å²) in [5, 5.41) is 0. The van der Waals surface area contributed by atoms with Gasteiger partial charge < -0.3 is 4.90 Å². The lowest BCUT2D eigenvalue weighted by Gasteiger charge is -2.21. The molecule has 0 amide bonds. The normalized spacial score (nSPS) is 11.6. The first-order valence-corrected chi connectivity index (χ1v) is 5.96. The fourth-order valence-corrected chi connectivity index (χ4v) is 1.91. The molecule has 0 aliphatic rings. The van der Waals surface area contributed by atoms with Crippen molar-refractivity contribution in [3.63, 3.8) is 0 Å². The van der Waals surface area contributed by atoms with Crippen LogP contribution in [0.1, 0.15) is 19.5 Å². The fraction of sp³-hybridized carbons (Fsp3) is 0.500. The number of anilines is 1. The SMILES string of the molecule is CCN(CC)c1cc(I)cc(C(F)(F)F)n1. The van der Waals surface area contributed by atoms with E-state index in [2.05, 4.69) is 4.98 Å². The van der Waals surface area contributed by atoms with Crippen LogP contribution in [-0.4, -0.2) is 18.1 Å². The largest absolute Gasteiger partial charge is 0.433 e. The van der Waals surface area contributed by atoms with Gasteiger partial charge in [-0.15, -0.1) is 0 Å². The van der Waals surface area contributed by atoms with Crippen LogP contribution in [0.4, 0.5) is 19.0 Å². The molecule has 1 aromatic heterocycles. The van der Waals surface area contributed by atoms with Gasteiger partial charge in [0.15, 0.2) is 0 Å². The van der Waals surface area contributed by atoms with Crippen molar-refractivity contribution in [3.05, 3.63) is 21.4 Å². The Morgan fingerprint density at radius 2 is 1.81 bits per heavy atom. The average molecular weight is 344 g/mol. The van der Waals surface area contributed by atoms with Gasteiger partial charge in [0.25, 0.3) is 0 Å². The van der Waals surface area contributed by atoms with Crippen LogP contribution in [-0.2, 0) is 6.18 Å². The Morgan fingerprint density at radius 1 is 1.25 bits per heavy atom. The van der Waals surface area contributed by atoms with Gasteiger partial charge in [0.05, 0.1) is 0 Å². The van der Waals surface area contributed by atoms with Crippen molar-refractivity contribution in [2.24, 2.45) is 0 Å². The van der Waals surface area contributed by atoms with E-state index in [0.717, 1.165) is 6.07 Å². The lowest BCUT2D eigenvalue weighted by molar-refractivity contribution is -0.141. The van der Waals surface area contributed by atoms with E-state index in [4.69, 9.17) is 0 Å². The van der Waals surface area contributed by atoms with Crippen LogP contribution in [0.15, 0.2) is 12.1 Å². The summed E-state index contributed by atoms with van der Waals surface area (Å²) in [6, 6.07) is 2.70. The summed E-state index contributed by atoms with van der Waals surface area (Å²) < 4.78 is 38.1. The molecule has 0 radical (unpaired) electrons. The smallest absolute Gasteiger partial charge is 0.357 e. The molecule has 0 spiro atoms. The molecule has 2 nitrogen and oxygen atoms in total. The summed E-state index contributed by atoms with van der Waals surface area (Å²) in [6.45, 7) is 5.05. The summed E-state index contributed by atoms with van der Waals surface area (Å²) in [5.74, 6) is 0.379. The first-order valence-electron chi connectivity index (χ1n) is 4.88. The van der Waals surface area contributed by atoms with Crippen LogP contribution < -0.4 is 4.90 Å². The molecular formula is C10H12F3IN2. The summed E-state index contributed by atoms with van der Waals surface area (Å²) in [5.41, 5.74) is -0.832. The van der Waals surface area contributed by atoms with Crippen LogP contribution >= 0.6 is 22.6 Å². The van der Waals surface area contributed by atoms with Gasteiger partial charge in [-0.25, -0.2) is 4.98 Å². The fourth-order valence-electron chi connectivity index (χ4n) is 1.34. The summed E-state index contributed by atoms with van der Waals surface area (Å²) in [4.78, 5) is 5.43. The second kappa shape index (κ2) is 5.20. The Bertz CT molecular complexity index is 362. The van der Waals surface area contributed by atoms with Gasteiger partial charge in [0, 0.05) is 16.7 Å². The van der Waals surface area contributed by atoms with Gasteiger partial charge in [-0.1, -0.05) is 0 Å². The number of alkyl halides is 3. The number of aromatic nitrogens is 1. The van der Waals surface area contributed by atoms with Crippen LogP contribution in [0.2, 0.25) is 0 Å². The minimum Gasteiger partial charge on any atom is -0.357 e. The lowest BCUT2D eigenvalue weighted by atomic mass is 10.3. The monoisotopic (exact) mass is 344 g/mol.